The van der Waals surface area contributed by atoms with Crippen molar-refractivity contribution in [3.05, 3.63) is 0 Å². The number of rotatable bonds is 6. The molecule has 3 heteroatoms. The van der Waals surface area contributed by atoms with Crippen molar-refractivity contribution in [1.82, 2.24) is 10.6 Å². The molecule has 0 bridgehead atoms. The lowest BCUT2D eigenvalue weighted by Gasteiger charge is -2.28. The highest BCUT2D eigenvalue weighted by atomic mass is 16.3. The van der Waals surface area contributed by atoms with Gasteiger partial charge in [0.15, 0.2) is 0 Å². The molecule has 0 aromatic carbocycles. The molecule has 0 spiro atoms. The Morgan fingerprint density at radius 3 is 2.81 bits per heavy atom. The van der Waals surface area contributed by atoms with E-state index in [9.17, 15) is 5.11 Å². The van der Waals surface area contributed by atoms with Gasteiger partial charge in [-0.05, 0) is 57.7 Å². The molecular formula is C13H28N2O. The Bertz CT molecular complexity index is 186. The van der Waals surface area contributed by atoms with Crippen LogP contribution in [0.1, 0.15) is 40.0 Å². The maximum atomic E-state index is 10.1. The first-order valence-electron chi connectivity index (χ1n) is 6.63. The average Bonchev–Trinajstić information content (AvgIpc) is 2.16. The molecule has 0 aromatic rings. The fraction of sp³-hybridized carbons (Fsp3) is 1.00. The third-order valence-corrected chi connectivity index (χ3v) is 3.19. The van der Waals surface area contributed by atoms with E-state index in [0.29, 0.717) is 12.5 Å². The minimum absolute atomic E-state index is 0.549. The second kappa shape index (κ2) is 6.58. The highest BCUT2D eigenvalue weighted by Gasteiger charge is 2.22. The van der Waals surface area contributed by atoms with Crippen LogP contribution in [0.3, 0.4) is 0 Å². The second-order valence-corrected chi connectivity index (χ2v) is 5.94. The van der Waals surface area contributed by atoms with Crippen molar-refractivity contribution in [2.75, 3.05) is 26.2 Å². The molecule has 0 aliphatic carbocycles. The van der Waals surface area contributed by atoms with Gasteiger partial charge in [-0.1, -0.05) is 13.8 Å². The number of piperidine rings is 1. The molecule has 0 aromatic heterocycles. The Kier molecular flexibility index (Phi) is 5.73. The van der Waals surface area contributed by atoms with E-state index in [4.69, 9.17) is 0 Å². The van der Waals surface area contributed by atoms with Crippen molar-refractivity contribution in [3.63, 3.8) is 0 Å². The molecule has 1 aliphatic rings. The van der Waals surface area contributed by atoms with Gasteiger partial charge in [0.05, 0.1) is 5.60 Å². The standard InChI is InChI=1S/C13H28N2O/c1-11(2)7-13(3,16)10-15-9-12-5-4-6-14-8-12/h11-12,14-16H,4-10H2,1-3H3. The van der Waals surface area contributed by atoms with Gasteiger partial charge in [-0.15, -0.1) is 0 Å². The lowest BCUT2D eigenvalue weighted by molar-refractivity contribution is 0.0376. The summed E-state index contributed by atoms with van der Waals surface area (Å²) in [5.41, 5.74) is -0.559. The summed E-state index contributed by atoms with van der Waals surface area (Å²) in [7, 11) is 0. The highest BCUT2D eigenvalue weighted by molar-refractivity contribution is 4.78. The molecule has 96 valence electrons. The molecule has 1 heterocycles. The van der Waals surface area contributed by atoms with Gasteiger partial charge in [0, 0.05) is 6.54 Å². The summed E-state index contributed by atoms with van der Waals surface area (Å²) in [5.74, 6) is 1.29. The monoisotopic (exact) mass is 228 g/mol. The molecular weight excluding hydrogens is 200 g/mol. The van der Waals surface area contributed by atoms with Crippen LogP contribution in [0, 0.1) is 11.8 Å². The predicted octanol–water partition coefficient (Wildman–Crippen LogP) is 1.37. The van der Waals surface area contributed by atoms with Crippen LogP contribution in [-0.4, -0.2) is 36.9 Å². The van der Waals surface area contributed by atoms with Crippen LogP contribution in [0.25, 0.3) is 0 Å². The predicted molar refractivity (Wildman–Crippen MR) is 68.5 cm³/mol. The van der Waals surface area contributed by atoms with Gasteiger partial charge in [-0.25, -0.2) is 0 Å². The molecule has 1 saturated heterocycles. The van der Waals surface area contributed by atoms with Crippen molar-refractivity contribution in [3.8, 4) is 0 Å². The zero-order chi connectivity index (χ0) is 12.0. The fourth-order valence-corrected chi connectivity index (χ4v) is 2.60. The Morgan fingerprint density at radius 1 is 1.50 bits per heavy atom. The van der Waals surface area contributed by atoms with Crippen LogP contribution in [-0.2, 0) is 0 Å². The van der Waals surface area contributed by atoms with Crippen molar-refractivity contribution in [2.45, 2.75) is 45.6 Å². The van der Waals surface area contributed by atoms with Crippen LogP contribution in [0.2, 0.25) is 0 Å². The molecule has 1 fully saturated rings. The Hall–Kier alpha value is -0.120. The van der Waals surface area contributed by atoms with E-state index in [1.54, 1.807) is 0 Å². The third kappa shape index (κ3) is 5.83. The lowest BCUT2D eigenvalue weighted by Crippen LogP contribution is -2.43. The van der Waals surface area contributed by atoms with Gasteiger partial charge in [0.1, 0.15) is 0 Å². The molecule has 2 atom stereocenters. The number of hydrogen-bond donors (Lipinski definition) is 3. The van der Waals surface area contributed by atoms with Crippen LogP contribution in [0.5, 0.6) is 0 Å². The maximum absolute atomic E-state index is 10.1. The smallest absolute Gasteiger partial charge is 0.0746 e. The summed E-state index contributed by atoms with van der Waals surface area (Å²) in [6.07, 6.45) is 3.46. The van der Waals surface area contributed by atoms with Crippen LogP contribution < -0.4 is 10.6 Å². The van der Waals surface area contributed by atoms with Gasteiger partial charge in [-0.3, -0.25) is 0 Å². The summed E-state index contributed by atoms with van der Waals surface area (Å²) in [6, 6.07) is 0. The van der Waals surface area contributed by atoms with Crippen LogP contribution in [0.4, 0.5) is 0 Å². The van der Waals surface area contributed by atoms with Crippen LogP contribution >= 0.6 is 0 Å². The van der Waals surface area contributed by atoms with Gasteiger partial charge in [-0.2, -0.15) is 0 Å². The fourth-order valence-electron chi connectivity index (χ4n) is 2.60. The molecule has 0 radical (unpaired) electrons. The molecule has 1 rings (SSSR count). The first kappa shape index (κ1) is 13.9. The zero-order valence-electron chi connectivity index (χ0n) is 11.1. The average molecular weight is 228 g/mol. The minimum Gasteiger partial charge on any atom is -0.389 e. The van der Waals surface area contributed by atoms with E-state index in [1.807, 2.05) is 6.92 Å². The summed E-state index contributed by atoms with van der Waals surface area (Å²) in [4.78, 5) is 0. The van der Waals surface area contributed by atoms with E-state index >= 15 is 0 Å². The summed E-state index contributed by atoms with van der Waals surface area (Å²) < 4.78 is 0. The van der Waals surface area contributed by atoms with E-state index < -0.39 is 5.60 Å². The van der Waals surface area contributed by atoms with E-state index in [2.05, 4.69) is 24.5 Å². The SMILES string of the molecule is CC(C)CC(C)(O)CNCC1CCCNC1. The molecule has 3 nitrogen and oxygen atoms in total. The Morgan fingerprint density at radius 2 is 2.25 bits per heavy atom. The number of hydrogen-bond acceptors (Lipinski definition) is 3. The molecule has 2 unspecified atom stereocenters. The minimum atomic E-state index is -0.559. The Labute approximate surface area is 100 Å². The largest absolute Gasteiger partial charge is 0.389 e. The highest BCUT2D eigenvalue weighted by Crippen LogP contribution is 2.15. The normalized spacial score (nSPS) is 25.7. The second-order valence-electron chi connectivity index (χ2n) is 5.94. The van der Waals surface area contributed by atoms with E-state index in [0.717, 1.165) is 25.4 Å². The van der Waals surface area contributed by atoms with Gasteiger partial charge in [0.2, 0.25) is 0 Å². The van der Waals surface area contributed by atoms with Gasteiger partial charge >= 0.3 is 0 Å². The Balaban J connectivity index is 2.13. The number of nitrogens with one attached hydrogen (secondary N) is 2. The molecule has 0 amide bonds. The van der Waals surface area contributed by atoms with Crippen molar-refractivity contribution >= 4 is 0 Å². The maximum Gasteiger partial charge on any atom is 0.0746 e. The first-order valence-corrected chi connectivity index (χ1v) is 6.63. The molecule has 3 N–H and O–H groups in total. The van der Waals surface area contributed by atoms with Gasteiger partial charge < -0.3 is 15.7 Å². The topological polar surface area (TPSA) is 44.3 Å². The molecule has 1 aliphatic heterocycles. The van der Waals surface area contributed by atoms with E-state index in [-0.39, 0.29) is 0 Å². The third-order valence-electron chi connectivity index (χ3n) is 3.19. The lowest BCUT2D eigenvalue weighted by atomic mass is 9.93. The van der Waals surface area contributed by atoms with Crippen molar-refractivity contribution in [2.24, 2.45) is 11.8 Å². The number of aliphatic hydroxyl groups is 1. The molecule has 0 saturated carbocycles. The first-order chi connectivity index (χ1) is 7.49. The quantitative estimate of drug-likeness (QED) is 0.643. The zero-order valence-corrected chi connectivity index (χ0v) is 11.1. The van der Waals surface area contributed by atoms with E-state index in [1.165, 1.54) is 19.4 Å². The summed E-state index contributed by atoms with van der Waals surface area (Å²) in [6.45, 7) is 10.3. The van der Waals surface area contributed by atoms with Crippen molar-refractivity contribution in [1.29, 1.82) is 0 Å². The van der Waals surface area contributed by atoms with Crippen LogP contribution in [0.15, 0.2) is 0 Å². The summed E-state index contributed by atoms with van der Waals surface area (Å²) >= 11 is 0. The summed E-state index contributed by atoms with van der Waals surface area (Å²) in [5, 5.41) is 17.0. The molecule has 16 heavy (non-hydrogen) atoms. The van der Waals surface area contributed by atoms with Gasteiger partial charge in [0.25, 0.3) is 0 Å². The van der Waals surface area contributed by atoms with Crippen molar-refractivity contribution < 1.29 is 5.11 Å².